The van der Waals surface area contributed by atoms with Crippen LogP contribution in [0.2, 0.25) is 0 Å². The zero-order valence-corrected chi connectivity index (χ0v) is 12.9. The molecular weight excluding hydrogens is 305 g/mol. The van der Waals surface area contributed by atoms with E-state index < -0.39 is 0 Å². The van der Waals surface area contributed by atoms with Crippen LogP contribution in [0.1, 0.15) is 5.56 Å². The van der Waals surface area contributed by atoms with E-state index in [0.29, 0.717) is 5.56 Å². The Morgan fingerprint density at radius 2 is 1.75 bits per heavy atom. The van der Waals surface area contributed by atoms with Crippen LogP contribution in [0.4, 0.5) is 10.1 Å². The molecule has 2 N–H and O–H groups in total. The molecule has 0 unspecified atom stereocenters. The minimum absolute atomic E-state index is 0.0720. The van der Waals surface area contributed by atoms with Gasteiger partial charge in [0.1, 0.15) is 5.82 Å². The van der Waals surface area contributed by atoms with E-state index in [1.807, 2.05) is 42.5 Å². The summed E-state index contributed by atoms with van der Waals surface area (Å²) in [5, 5.41) is 9.00. The molecule has 0 aliphatic heterocycles. The lowest BCUT2D eigenvalue weighted by molar-refractivity contribution is -0.119. The first-order chi connectivity index (χ1) is 11.7. The highest BCUT2D eigenvalue weighted by Gasteiger charge is 2.03. The molecule has 0 spiro atoms. The van der Waals surface area contributed by atoms with Crippen molar-refractivity contribution in [2.75, 3.05) is 11.9 Å². The van der Waals surface area contributed by atoms with Crippen LogP contribution in [0.25, 0.3) is 10.8 Å². The average molecular weight is 321 g/mol. The number of carbonyl (C=O) groups is 1. The largest absolute Gasteiger partial charge is 0.376 e. The van der Waals surface area contributed by atoms with Crippen molar-refractivity contribution in [1.82, 2.24) is 5.43 Å². The van der Waals surface area contributed by atoms with E-state index in [0.717, 1.165) is 16.5 Å². The molecule has 0 saturated carbocycles. The first kappa shape index (κ1) is 15.7. The molecule has 24 heavy (non-hydrogen) atoms. The Kier molecular flexibility index (Phi) is 4.81. The molecule has 0 aromatic heterocycles. The summed E-state index contributed by atoms with van der Waals surface area (Å²) >= 11 is 0. The van der Waals surface area contributed by atoms with Gasteiger partial charge >= 0.3 is 0 Å². The fourth-order valence-corrected chi connectivity index (χ4v) is 2.35. The number of hydrazone groups is 1. The highest BCUT2D eigenvalue weighted by molar-refractivity contribution is 5.95. The fraction of sp³-hybridized carbons (Fsp3) is 0.0526. The third kappa shape index (κ3) is 3.76. The number of amides is 1. The molecule has 0 radical (unpaired) electrons. The average Bonchev–Trinajstić information content (AvgIpc) is 2.61. The first-order valence-electron chi connectivity index (χ1n) is 7.52. The van der Waals surface area contributed by atoms with Gasteiger partial charge in [-0.25, -0.2) is 9.82 Å². The summed E-state index contributed by atoms with van der Waals surface area (Å²) in [5.41, 5.74) is 3.57. The molecule has 0 aliphatic rings. The molecule has 0 heterocycles. The van der Waals surface area contributed by atoms with E-state index in [1.165, 1.54) is 12.3 Å². The van der Waals surface area contributed by atoms with Crippen LogP contribution < -0.4 is 10.7 Å². The number of rotatable bonds is 5. The number of halogens is 1. The predicted molar refractivity (Wildman–Crippen MR) is 94.6 cm³/mol. The zero-order chi connectivity index (χ0) is 16.8. The maximum absolute atomic E-state index is 13.4. The monoisotopic (exact) mass is 321 g/mol. The smallest absolute Gasteiger partial charge is 0.259 e. The summed E-state index contributed by atoms with van der Waals surface area (Å²) in [6.07, 6.45) is 1.28. The quantitative estimate of drug-likeness (QED) is 0.558. The van der Waals surface area contributed by atoms with Gasteiger partial charge in [-0.1, -0.05) is 54.6 Å². The van der Waals surface area contributed by atoms with Gasteiger partial charge in [0, 0.05) is 16.6 Å². The Balaban J connectivity index is 1.58. The highest BCUT2D eigenvalue weighted by Crippen LogP contribution is 2.22. The standard InChI is InChI=1S/C19H16FN3O/c20-17-10-4-2-7-15(17)12-22-23-19(24)13-21-18-11-5-8-14-6-1-3-9-16(14)18/h1-12,21H,13H2,(H,23,24)/b22-12+. The second-order valence-electron chi connectivity index (χ2n) is 5.19. The fourth-order valence-electron chi connectivity index (χ4n) is 2.35. The van der Waals surface area contributed by atoms with Crippen LogP contribution in [0.5, 0.6) is 0 Å². The summed E-state index contributed by atoms with van der Waals surface area (Å²) in [5.74, 6) is -0.695. The summed E-state index contributed by atoms with van der Waals surface area (Å²) in [6.45, 7) is 0.0720. The molecule has 4 nitrogen and oxygen atoms in total. The maximum Gasteiger partial charge on any atom is 0.259 e. The first-order valence-corrected chi connectivity index (χ1v) is 7.52. The molecule has 0 fully saturated rings. The van der Waals surface area contributed by atoms with E-state index >= 15 is 0 Å². The third-order valence-electron chi connectivity index (χ3n) is 3.53. The van der Waals surface area contributed by atoms with Crippen molar-refractivity contribution in [3.63, 3.8) is 0 Å². The normalized spacial score (nSPS) is 10.9. The van der Waals surface area contributed by atoms with E-state index in [1.54, 1.807) is 18.2 Å². The van der Waals surface area contributed by atoms with Crippen molar-refractivity contribution in [1.29, 1.82) is 0 Å². The third-order valence-corrected chi connectivity index (χ3v) is 3.53. The molecule has 0 bridgehead atoms. The molecule has 120 valence electrons. The maximum atomic E-state index is 13.4. The number of carbonyl (C=O) groups excluding carboxylic acids is 1. The van der Waals surface area contributed by atoms with Crippen LogP contribution >= 0.6 is 0 Å². The molecule has 3 rings (SSSR count). The van der Waals surface area contributed by atoms with Crippen LogP contribution in [0, 0.1) is 5.82 Å². The number of hydrogen-bond acceptors (Lipinski definition) is 3. The number of anilines is 1. The highest BCUT2D eigenvalue weighted by atomic mass is 19.1. The van der Waals surface area contributed by atoms with Gasteiger partial charge in [0.15, 0.2) is 0 Å². The van der Waals surface area contributed by atoms with Crippen molar-refractivity contribution < 1.29 is 9.18 Å². The Bertz CT molecular complexity index is 887. The Morgan fingerprint density at radius 1 is 1.00 bits per heavy atom. The van der Waals surface area contributed by atoms with Gasteiger partial charge in [-0.3, -0.25) is 4.79 Å². The van der Waals surface area contributed by atoms with Crippen LogP contribution in [0.15, 0.2) is 71.8 Å². The zero-order valence-electron chi connectivity index (χ0n) is 12.9. The predicted octanol–water partition coefficient (Wildman–Crippen LogP) is 3.54. The summed E-state index contributed by atoms with van der Waals surface area (Å²) < 4.78 is 13.4. The molecule has 1 amide bonds. The molecule has 0 saturated heterocycles. The molecular formula is C19H16FN3O. The van der Waals surface area contributed by atoms with Gasteiger partial charge in [0.05, 0.1) is 12.8 Å². The van der Waals surface area contributed by atoms with Gasteiger partial charge in [-0.2, -0.15) is 5.10 Å². The summed E-state index contributed by atoms with van der Waals surface area (Å²) in [4.78, 5) is 11.8. The van der Waals surface area contributed by atoms with E-state index in [9.17, 15) is 9.18 Å². The number of nitrogens with zero attached hydrogens (tertiary/aromatic N) is 1. The topological polar surface area (TPSA) is 53.5 Å². The van der Waals surface area contributed by atoms with Crippen molar-refractivity contribution in [2.45, 2.75) is 0 Å². The minimum atomic E-state index is -0.385. The second kappa shape index (κ2) is 7.37. The van der Waals surface area contributed by atoms with Gasteiger partial charge < -0.3 is 5.32 Å². The van der Waals surface area contributed by atoms with Crippen molar-refractivity contribution >= 4 is 28.6 Å². The molecule has 3 aromatic rings. The Labute approximate surface area is 139 Å². The van der Waals surface area contributed by atoms with Crippen LogP contribution in [-0.4, -0.2) is 18.7 Å². The second-order valence-corrected chi connectivity index (χ2v) is 5.19. The van der Waals surface area contributed by atoms with Gasteiger partial charge in [-0.15, -0.1) is 0 Å². The summed E-state index contributed by atoms with van der Waals surface area (Å²) in [7, 11) is 0. The van der Waals surface area contributed by atoms with Crippen molar-refractivity contribution in [3.05, 3.63) is 78.1 Å². The number of nitrogens with one attached hydrogen (secondary N) is 2. The van der Waals surface area contributed by atoms with Gasteiger partial charge in [0.2, 0.25) is 0 Å². The van der Waals surface area contributed by atoms with Crippen LogP contribution in [-0.2, 0) is 4.79 Å². The molecule has 0 aliphatic carbocycles. The Hall–Kier alpha value is -3.21. The van der Waals surface area contributed by atoms with Gasteiger partial charge in [-0.05, 0) is 17.5 Å². The molecule has 0 atom stereocenters. The lowest BCUT2D eigenvalue weighted by atomic mass is 10.1. The molecule has 3 aromatic carbocycles. The van der Waals surface area contributed by atoms with Crippen molar-refractivity contribution in [3.8, 4) is 0 Å². The number of fused-ring (bicyclic) bond motifs is 1. The van der Waals surface area contributed by atoms with E-state index in [-0.39, 0.29) is 18.3 Å². The van der Waals surface area contributed by atoms with E-state index in [4.69, 9.17) is 0 Å². The molecule has 5 heteroatoms. The minimum Gasteiger partial charge on any atom is -0.376 e. The number of hydrogen-bond donors (Lipinski definition) is 2. The SMILES string of the molecule is O=C(CNc1cccc2ccccc12)N/N=C/c1ccccc1F. The Morgan fingerprint density at radius 3 is 2.62 bits per heavy atom. The lowest BCUT2D eigenvalue weighted by Gasteiger charge is -2.08. The van der Waals surface area contributed by atoms with Gasteiger partial charge in [0.25, 0.3) is 5.91 Å². The lowest BCUT2D eigenvalue weighted by Crippen LogP contribution is -2.26. The summed E-state index contributed by atoms with van der Waals surface area (Å²) in [6, 6.07) is 20.0. The van der Waals surface area contributed by atoms with Crippen LogP contribution in [0.3, 0.4) is 0 Å². The number of benzene rings is 3. The van der Waals surface area contributed by atoms with Crippen molar-refractivity contribution in [2.24, 2.45) is 5.10 Å². The van der Waals surface area contributed by atoms with E-state index in [2.05, 4.69) is 15.8 Å².